The molecule has 0 saturated heterocycles. The minimum atomic E-state index is -3.88. The summed E-state index contributed by atoms with van der Waals surface area (Å²) in [5.41, 5.74) is 2.25. The highest BCUT2D eigenvalue weighted by molar-refractivity contribution is 7.89. The van der Waals surface area contributed by atoms with Crippen LogP contribution in [0.4, 0.5) is 0 Å². The first-order chi connectivity index (χ1) is 11.3. The van der Waals surface area contributed by atoms with Crippen LogP contribution in [0.3, 0.4) is 0 Å². The maximum atomic E-state index is 12.4. The summed E-state index contributed by atoms with van der Waals surface area (Å²) < 4.78 is 27.0. The maximum absolute atomic E-state index is 12.4. The van der Waals surface area contributed by atoms with Crippen LogP contribution in [0.25, 0.3) is 0 Å². The van der Waals surface area contributed by atoms with E-state index in [0.29, 0.717) is 19.4 Å². The fraction of sp³-hybridized carbons (Fsp3) is 0.467. The van der Waals surface area contributed by atoms with Gasteiger partial charge in [-0.25, -0.2) is 13.9 Å². The van der Waals surface area contributed by atoms with Crippen molar-refractivity contribution in [1.82, 2.24) is 15.5 Å². The number of rotatable bonds is 9. The molecule has 0 aliphatic heterocycles. The topological polar surface area (TPSA) is 125 Å². The zero-order chi connectivity index (χ0) is 18.2. The van der Waals surface area contributed by atoms with Crippen molar-refractivity contribution in [3.05, 3.63) is 29.8 Å². The second-order valence-corrected chi connectivity index (χ2v) is 7.16. The molecule has 4 N–H and O–H groups in total. The quantitative estimate of drug-likeness (QED) is 0.290. The van der Waals surface area contributed by atoms with Gasteiger partial charge in [-0.3, -0.25) is 14.8 Å². The molecule has 2 amide bonds. The van der Waals surface area contributed by atoms with Crippen LogP contribution in [-0.2, 0) is 19.6 Å². The van der Waals surface area contributed by atoms with Crippen molar-refractivity contribution in [3.8, 4) is 0 Å². The van der Waals surface area contributed by atoms with Gasteiger partial charge in [-0.05, 0) is 43.9 Å². The van der Waals surface area contributed by atoms with Gasteiger partial charge in [-0.1, -0.05) is 12.1 Å². The van der Waals surface area contributed by atoms with Crippen LogP contribution >= 0.6 is 0 Å². The summed E-state index contributed by atoms with van der Waals surface area (Å²) in [6.07, 6.45) is 1.27. The van der Waals surface area contributed by atoms with E-state index in [1.165, 1.54) is 24.5 Å². The number of carbonyl (C=O) groups excluding carboxylic acids is 2. The number of nitrogens with one attached hydrogen (secondary N) is 3. The number of unbranched alkanes of at least 4 members (excludes halogenated alkanes) is 1. The molecule has 8 nitrogen and oxygen atoms in total. The Morgan fingerprint density at radius 2 is 1.96 bits per heavy atom. The van der Waals surface area contributed by atoms with E-state index < -0.39 is 22.0 Å². The molecule has 0 aromatic heterocycles. The number of hydroxylamine groups is 1. The Morgan fingerprint density at radius 1 is 1.25 bits per heavy atom. The monoisotopic (exact) mass is 357 g/mol. The van der Waals surface area contributed by atoms with Crippen molar-refractivity contribution < 1.29 is 23.2 Å². The highest BCUT2D eigenvalue weighted by atomic mass is 32.2. The number of benzene rings is 1. The van der Waals surface area contributed by atoms with Crippen molar-refractivity contribution in [3.63, 3.8) is 0 Å². The average molecular weight is 357 g/mol. The lowest BCUT2D eigenvalue weighted by Gasteiger charge is -2.17. The van der Waals surface area contributed by atoms with E-state index in [1.54, 1.807) is 19.1 Å². The molecule has 1 rings (SSSR count). The molecule has 1 unspecified atom stereocenters. The number of aryl methyl sites for hydroxylation is 1. The molecule has 9 heteroatoms. The van der Waals surface area contributed by atoms with Gasteiger partial charge in [0.1, 0.15) is 6.04 Å². The van der Waals surface area contributed by atoms with Crippen LogP contribution < -0.4 is 15.5 Å². The van der Waals surface area contributed by atoms with Crippen LogP contribution in [0, 0.1) is 6.92 Å². The molecule has 0 heterocycles. The van der Waals surface area contributed by atoms with E-state index in [-0.39, 0.29) is 17.2 Å². The lowest BCUT2D eigenvalue weighted by Crippen LogP contribution is -2.45. The Kier molecular flexibility index (Phi) is 7.83. The minimum Gasteiger partial charge on any atom is -0.356 e. The summed E-state index contributed by atoms with van der Waals surface area (Å²) in [5, 5.41) is 11.4. The third-order valence-corrected chi connectivity index (χ3v) is 4.79. The van der Waals surface area contributed by atoms with Crippen LogP contribution in [0.2, 0.25) is 0 Å². The standard InChI is InChI=1S/C15H23N3O5S/c1-11-6-5-7-13(10-11)24(22,23)18-14(15(20)17-21)8-3-4-9-16-12(2)19/h5-7,10,14,18,21H,3-4,8-9H2,1-2H3,(H,16,19)(H,17,20). The fourth-order valence-corrected chi connectivity index (χ4v) is 3.43. The first kappa shape index (κ1) is 20.1. The van der Waals surface area contributed by atoms with Crippen molar-refractivity contribution >= 4 is 21.8 Å². The summed E-state index contributed by atoms with van der Waals surface area (Å²) >= 11 is 0. The average Bonchev–Trinajstić information content (AvgIpc) is 2.52. The lowest BCUT2D eigenvalue weighted by atomic mass is 10.1. The molecule has 1 atom stereocenters. The maximum Gasteiger partial charge on any atom is 0.261 e. The van der Waals surface area contributed by atoms with E-state index in [1.807, 2.05) is 0 Å². The van der Waals surface area contributed by atoms with Gasteiger partial charge in [-0.2, -0.15) is 4.72 Å². The normalized spacial score (nSPS) is 12.5. The SMILES string of the molecule is CC(=O)NCCCCC(NS(=O)(=O)c1cccc(C)c1)C(=O)NO. The Labute approximate surface area is 141 Å². The van der Waals surface area contributed by atoms with Crippen molar-refractivity contribution in [2.45, 2.75) is 44.0 Å². The largest absolute Gasteiger partial charge is 0.356 e. The Balaban J connectivity index is 2.71. The van der Waals surface area contributed by atoms with Gasteiger partial charge < -0.3 is 5.32 Å². The number of carbonyl (C=O) groups is 2. The number of amides is 2. The van der Waals surface area contributed by atoms with E-state index in [2.05, 4.69) is 10.0 Å². The summed E-state index contributed by atoms with van der Waals surface area (Å²) in [6.45, 7) is 3.60. The fourth-order valence-electron chi connectivity index (χ4n) is 2.10. The van der Waals surface area contributed by atoms with E-state index >= 15 is 0 Å². The molecule has 24 heavy (non-hydrogen) atoms. The predicted octanol–water partition coefficient (Wildman–Crippen LogP) is 0.454. The Morgan fingerprint density at radius 3 is 2.54 bits per heavy atom. The molecule has 0 bridgehead atoms. The summed E-state index contributed by atoms with van der Waals surface area (Å²) in [4.78, 5) is 22.5. The van der Waals surface area contributed by atoms with Crippen molar-refractivity contribution in [2.75, 3.05) is 6.54 Å². The summed E-state index contributed by atoms with van der Waals surface area (Å²) in [7, 11) is -3.88. The number of hydrogen-bond acceptors (Lipinski definition) is 5. The van der Waals surface area contributed by atoms with E-state index in [9.17, 15) is 18.0 Å². The van der Waals surface area contributed by atoms with Gasteiger partial charge in [0.15, 0.2) is 0 Å². The van der Waals surface area contributed by atoms with Gasteiger partial charge in [-0.15, -0.1) is 0 Å². The molecule has 0 fully saturated rings. The van der Waals surface area contributed by atoms with Crippen LogP contribution in [-0.4, -0.2) is 38.0 Å². The highest BCUT2D eigenvalue weighted by Crippen LogP contribution is 2.13. The first-order valence-corrected chi connectivity index (χ1v) is 9.02. The van der Waals surface area contributed by atoms with Crippen LogP contribution in [0.15, 0.2) is 29.2 Å². The molecule has 134 valence electrons. The lowest BCUT2D eigenvalue weighted by molar-refractivity contribution is -0.131. The van der Waals surface area contributed by atoms with Crippen molar-refractivity contribution in [2.24, 2.45) is 0 Å². The second kappa shape index (κ2) is 9.36. The van der Waals surface area contributed by atoms with Gasteiger partial charge in [0, 0.05) is 13.5 Å². The Hall–Kier alpha value is -1.97. The molecule has 0 aliphatic carbocycles. The zero-order valence-electron chi connectivity index (χ0n) is 13.7. The molecule has 1 aromatic carbocycles. The summed E-state index contributed by atoms with van der Waals surface area (Å²) in [5.74, 6) is -0.981. The first-order valence-electron chi connectivity index (χ1n) is 7.53. The highest BCUT2D eigenvalue weighted by Gasteiger charge is 2.25. The van der Waals surface area contributed by atoms with Gasteiger partial charge in [0.25, 0.3) is 5.91 Å². The molecule has 0 radical (unpaired) electrons. The number of hydrogen-bond donors (Lipinski definition) is 4. The van der Waals surface area contributed by atoms with E-state index in [0.717, 1.165) is 5.56 Å². The summed E-state index contributed by atoms with van der Waals surface area (Å²) in [6, 6.07) is 5.20. The van der Waals surface area contributed by atoms with E-state index in [4.69, 9.17) is 5.21 Å². The molecular formula is C15H23N3O5S. The molecular weight excluding hydrogens is 334 g/mol. The van der Waals surface area contributed by atoms with Gasteiger partial charge >= 0.3 is 0 Å². The number of sulfonamides is 1. The molecule has 0 aliphatic rings. The zero-order valence-corrected chi connectivity index (χ0v) is 14.5. The van der Waals surface area contributed by atoms with Crippen molar-refractivity contribution in [1.29, 1.82) is 0 Å². The van der Waals surface area contributed by atoms with Gasteiger partial charge in [0.05, 0.1) is 4.90 Å². The molecule has 1 aromatic rings. The molecule has 0 saturated carbocycles. The van der Waals surface area contributed by atoms with Crippen LogP contribution in [0.1, 0.15) is 31.7 Å². The third kappa shape index (κ3) is 6.65. The Bertz CT molecular complexity index is 675. The minimum absolute atomic E-state index is 0.0523. The smallest absolute Gasteiger partial charge is 0.261 e. The molecule has 0 spiro atoms. The van der Waals surface area contributed by atoms with Gasteiger partial charge in [0.2, 0.25) is 15.9 Å². The second-order valence-electron chi connectivity index (χ2n) is 5.45. The third-order valence-electron chi connectivity index (χ3n) is 3.32. The predicted molar refractivity (Wildman–Crippen MR) is 87.8 cm³/mol. The van der Waals surface area contributed by atoms with Crippen LogP contribution in [0.5, 0.6) is 0 Å².